The Kier molecular flexibility index (Phi) is 8.97. The summed E-state index contributed by atoms with van der Waals surface area (Å²) in [6.45, 7) is 8.38. The van der Waals surface area contributed by atoms with E-state index in [4.69, 9.17) is 14.2 Å². The Bertz CT molecular complexity index is 735. The summed E-state index contributed by atoms with van der Waals surface area (Å²) in [6.07, 6.45) is 0.0287. The Labute approximate surface area is 166 Å². The molecule has 0 spiro atoms. The first kappa shape index (κ1) is 22.4. The van der Waals surface area contributed by atoms with E-state index in [-0.39, 0.29) is 17.2 Å². The van der Waals surface area contributed by atoms with E-state index in [1.807, 2.05) is 0 Å². The molecule has 0 unspecified atom stereocenters. The molecular formula is C18H29N3O6S. The smallest absolute Gasteiger partial charge is 0.411 e. The van der Waals surface area contributed by atoms with E-state index < -0.39 is 16.1 Å². The highest BCUT2D eigenvalue weighted by Gasteiger charge is 2.18. The van der Waals surface area contributed by atoms with Gasteiger partial charge in [-0.3, -0.25) is 10.2 Å². The molecule has 0 atom stereocenters. The van der Waals surface area contributed by atoms with Crippen LogP contribution in [0.2, 0.25) is 0 Å². The summed E-state index contributed by atoms with van der Waals surface area (Å²) in [7, 11) is -3.71. The molecule has 2 rings (SSSR count). The number of nitrogens with zero attached hydrogens (tertiary/aromatic N) is 1. The van der Waals surface area contributed by atoms with Gasteiger partial charge in [0.1, 0.15) is 5.75 Å². The quantitative estimate of drug-likeness (QED) is 0.560. The molecule has 0 aliphatic carbocycles. The third-order valence-corrected chi connectivity index (χ3v) is 5.58. The van der Waals surface area contributed by atoms with Crippen molar-refractivity contribution in [2.24, 2.45) is 0 Å². The lowest BCUT2D eigenvalue weighted by molar-refractivity contribution is 0.0376. The number of carbonyl (C=O) groups excluding carboxylic acids is 1. The summed E-state index contributed by atoms with van der Waals surface area (Å²) in [5, 5.41) is 2.52. The Morgan fingerprint density at radius 3 is 2.64 bits per heavy atom. The van der Waals surface area contributed by atoms with E-state index in [2.05, 4.69) is 14.9 Å². The van der Waals surface area contributed by atoms with Gasteiger partial charge < -0.3 is 14.2 Å². The van der Waals surface area contributed by atoms with Gasteiger partial charge >= 0.3 is 6.09 Å². The summed E-state index contributed by atoms with van der Waals surface area (Å²) in [5.74, 6) is 0.377. The maximum absolute atomic E-state index is 12.6. The Morgan fingerprint density at radius 1 is 1.21 bits per heavy atom. The normalized spacial score (nSPS) is 15.2. The van der Waals surface area contributed by atoms with Gasteiger partial charge in [0.05, 0.1) is 37.0 Å². The van der Waals surface area contributed by atoms with Gasteiger partial charge in [-0.2, -0.15) is 0 Å². The maximum atomic E-state index is 12.6. The topological polar surface area (TPSA) is 106 Å². The number of morpholine rings is 1. The largest absolute Gasteiger partial charge is 0.492 e. The van der Waals surface area contributed by atoms with Gasteiger partial charge in [0, 0.05) is 19.6 Å². The van der Waals surface area contributed by atoms with Crippen molar-refractivity contribution in [2.45, 2.75) is 25.2 Å². The van der Waals surface area contributed by atoms with Crippen LogP contribution in [0, 0.1) is 0 Å². The van der Waals surface area contributed by atoms with Gasteiger partial charge in [-0.05, 0) is 45.0 Å². The SMILES string of the molecule is CCOC(=O)Nc1cc(S(=O)(=O)NCCCN2CCOCC2)ccc1OCC. The summed E-state index contributed by atoms with van der Waals surface area (Å²) >= 11 is 0. The molecule has 9 nitrogen and oxygen atoms in total. The van der Waals surface area contributed by atoms with E-state index in [0.717, 1.165) is 19.6 Å². The molecule has 0 radical (unpaired) electrons. The monoisotopic (exact) mass is 415 g/mol. The van der Waals surface area contributed by atoms with E-state index in [9.17, 15) is 13.2 Å². The molecule has 10 heteroatoms. The number of rotatable bonds is 10. The van der Waals surface area contributed by atoms with Crippen molar-refractivity contribution in [1.82, 2.24) is 9.62 Å². The summed E-state index contributed by atoms with van der Waals surface area (Å²) in [5.41, 5.74) is 0.247. The Morgan fingerprint density at radius 2 is 1.96 bits per heavy atom. The van der Waals surface area contributed by atoms with Crippen LogP contribution in [-0.2, 0) is 19.5 Å². The lowest BCUT2D eigenvalue weighted by atomic mass is 10.3. The predicted octanol–water partition coefficient (Wildman–Crippen LogP) is 1.65. The molecule has 28 heavy (non-hydrogen) atoms. The molecule has 0 saturated carbocycles. The molecule has 1 aliphatic rings. The fourth-order valence-corrected chi connectivity index (χ4v) is 3.85. The molecule has 1 aromatic rings. The minimum atomic E-state index is -3.71. The summed E-state index contributed by atoms with van der Waals surface area (Å²) < 4.78 is 43.4. The van der Waals surface area contributed by atoms with Crippen molar-refractivity contribution in [3.63, 3.8) is 0 Å². The molecule has 0 bridgehead atoms. The highest BCUT2D eigenvalue weighted by Crippen LogP contribution is 2.28. The van der Waals surface area contributed by atoms with Crippen molar-refractivity contribution < 1.29 is 27.4 Å². The Hall–Kier alpha value is -1.88. The van der Waals surface area contributed by atoms with E-state index in [1.54, 1.807) is 13.8 Å². The second kappa shape index (κ2) is 11.2. The molecule has 1 amide bonds. The van der Waals surface area contributed by atoms with Crippen LogP contribution in [0.5, 0.6) is 5.75 Å². The van der Waals surface area contributed by atoms with Crippen LogP contribution in [0.25, 0.3) is 0 Å². The second-order valence-corrected chi connectivity index (χ2v) is 7.91. The predicted molar refractivity (Wildman–Crippen MR) is 105 cm³/mol. The zero-order valence-electron chi connectivity index (χ0n) is 16.4. The first-order valence-electron chi connectivity index (χ1n) is 9.46. The first-order valence-corrected chi connectivity index (χ1v) is 10.9. The number of carbonyl (C=O) groups is 1. The van der Waals surface area contributed by atoms with Crippen molar-refractivity contribution >= 4 is 21.8 Å². The van der Waals surface area contributed by atoms with Crippen molar-refractivity contribution in [2.75, 3.05) is 57.9 Å². The average Bonchev–Trinajstić information content (AvgIpc) is 2.68. The highest BCUT2D eigenvalue weighted by molar-refractivity contribution is 7.89. The number of hydrogen-bond donors (Lipinski definition) is 2. The van der Waals surface area contributed by atoms with Gasteiger partial charge in [0.2, 0.25) is 10.0 Å². The lowest BCUT2D eigenvalue weighted by Gasteiger charge is -2.26. The molecule has 158 valence electrons. The number of nitrogens with one attached hydrogen (secondary N) is 2. The third-order valence-electron chi connectivity index (χ3n) is 4.12. The van der Waals surface area contributed by atoms with Crippen LogP contribution in [0.4, 0.5) is 10.5 Å². The van der Waals surface area contributed by atoms with E-state index in [1.165, 1.54) is 18.2 Å². The zero-order chi connectivity index (χ0) is 20.4. The summed E-state index contributed by atoms with van der Waals surface area (Å²) in [6, 6.07) is 4.34. The van der Waals surface area contributed by atoms with Crippen LogP contribution < -0.4 is 14.8 Å². The van der Waals surface area contributed by atoms with Gasteiger partial charge in [0.25, 0.3) is 0 Å². The van der Waals surface area contributed by atoms with E-state index in [0.29, 0.717) is 38.5 Å². The molecular weight excluding hydrogens is 386 g/mol. The standard InChI is InChI=1S/C18H29N3O6S/c1-3-26-17-7-6-15(14-16(17)20-18(22)27-4-2)28(23,24)19-8-5-9-21-10-12-25-13-11-21/h6-7,14,19H,3-5,8-13H2,1-2H3,(H,20,22). The molecule has 2 N–H and O–H groups in total. The van der Waals surface area contributed by atoms with Crippen LogP contribution in [0.3, 0.4) is 0 Å². The van der Waals surface area contributed by atoms with Crippen LogP contribution in [-0.4, -0.2) is 72.0 Å². The van der Waals surface area contributed by atoms with Gasteiger partial charge in [-0.15, -0.1) is 0 Å². The molecule has 1 aromatic carbocycles. The zero-order valence-corrected chi connectivity index (χ0v) is 17.2. The molecule has 1 fully saturated rings. The van der Waals surface area contributed by atoms with Gasteiger partial charge in [-0.25, -0.2) is 17.9 Å². The second-order valence-electron chi connectivity index (χ2n) is 6.14. The van der Waals surface area contributed by atoms with Crippen LogP contribution >= 0.6 is 0 Å². The van der Waals surface area contributed by atoms with Crippen molar-refractivity contribution in [1.29, 1.82) is 0 Å². The molecule has 1 saturated heterocycles. The highest BCUT2D eigenvalue weighted by atomic mass is 32.2. The lowest BCUT2D eigenvalue weighted by Crippen LogP contribution is -2.38. The molecule has 1 heterocycles. The fourth-order valence-electron chi connectivity index (χ4n) is 2.75. The minimum Gasteiger partial charge on any atom is -0.492 e. The third kappa shape index (κ3) is 6.93. The number of ether oxygens (including phenoxy) is 3. The minimum absolute atomic E-state index is 0.0501. The van der Waals surface area contributed by atoms with Crippen molar-refractivity contribution in [3.05, 3.63) is 18.2 Å². The first-order chi connectivity index (χ1) is 13.5. The van der Waals surface area contributed by atoms with Crippen LogP contribution in [0.15, 0.2) is 23.1 Å². The van der Waals surface area contributed by atoms with Crippen LogP contribution in [0.1, 0.15) is 20.3 Å². The Balaban J connectivity index is 1.99. The number of hydrogen-bond acceptors (Lipinski definition) is 7. The molecule has 1 aliphatic heterocycles. The average molecular weight is 416 g/mol. The fraction of sp³-hybridized carbons (Fsp3) is 0.611. The number of amides is 1. The number of sulfonamides is 1. The summed E-state index contributed by atoms with van der Waals surface area (Å²) in [4.78, 5) is 14.0. The van der Waals surface area contributed by atoms with Crippen molar-refractivity contribution in [3.8, 4) is 5.75 Å². The van der Waals surface area contributed by atoms with E-state index >= 15 is 0 Å². The van der Waals surface area contributed by atoms with Gasteiger partial charge in [0.15, 0.2) is 0 Å². The molecule has 0 aromatic heterocycles. The number of benzene rings is 1. The number of anilines is 1. The van der Waals surface area contributed by atoms with Gasteiger partial charge in [-0.1, -0.05) is 0 Å². The maximum Gasteiger partial charge on any atom is 0.411 e.